The van der Waals surface area contributed by atoms with E-state index in [0.29, 0.717) is 25.3 Å². The van der Waals surface area contributed by atoms with E-state index in [1.54, 1.807) is 0 Å². The number of rotatable bonds is 3. The van der Waals surface area contributed by atoms with E-state index < -0.39 is 0 Å². The van der Waals surface area contributed by atoms with Crippen molar-refractivity contribution >= 4 is 16.9 Å². The van der Waals surface area contributed by atoms with Crippen LogP contribution in [0.4, 0.5) is 0 Å². The number of aryl methyl sites for hydroxylation is 1. The number of imidazole rings is 1. The zero-order valence-electron chi connectivity index (χ0n) is 18.9. The molecule has 0 aliphatic carbocycles. The summed E-state index contributed by atoms with van der Waals surface area (Å²) in [6, 6.07) is 24.1. The Bertz CT molecular complexity index is 1480. The average molecular weight is 449 g/mol. The van der Waals surface area contributed by atoms with Crippen molar-refractivity contribution in [3.05, 3.63) is 102 Å². The standard InChI is InChI=1S/C28H24N4O2/c1-19-29-25-10-6-22(17-26(25)30-19)21-7-11-27-23(16-21)18-32(14-15-34-27)28(33)20-4-8-24(9-5-20)31-12-2-3-13-31/h2-13,16-17H,14-15,18H2,1H3,(H,29,30). The Hall–Kier alpha value is -4.32. The molecule has 168 valence electrons. The lowest BCUT2D eigenvalue weighted by atomic mass is 10.0. The van der Waals surface area contributed by atoms with Crippen LogP contribution in [0.15, 0.2) is 85.2 Å². The maximum atomic E-state index is 13.3. The molecular formula is C28H24N4O2. The number of hydrogen-bond acceptors (Lipinski definition) is 3. The highest BCUT2D eigenvalue weighted by molar-refractivity contribution is 5.94. The number of ether oxygens (including phenoxy) is 1. The van der Waals surface area contributed by atoms with Gasteiger partial charge in [0.15, 0.2) is 0 Å². The molecule has 3 aromatic carbocycles. The number of carbonyl (C=O) groups is 1. The number of hydrogen-bond donors (Lipinski definition) is 1. The maximum absolute atomic E-state index is 13.3. The number of nitrogens with one attached hydrogen (secondary N) is 1. The lowest BCUT2D eigenvalue weighted by Crippen LogP contribution is -2.32. The van der Waals surface area contributed by atoms with Gasteiger partial charge in [-0.05, 0) is 78.7 Å². The minimum Gasteiger partial charge on any atom is -0.491 e. The third-order valence-electron chi connectivity index (χ3n) is 6.28. The van der Waals surface area contributed by atoms with Crippen LogP contribution in [0.2, 0.25) is 0 Å². The number of nitrogens with zero attached hydrogens (tertiary/aromatic N) is 3. The lowest BCUT2D eigenvalue weighted by molar-refractivity contribution is 0.0733. The number of H-pyrrole nitrogens is 1. The maximum Gasteiger partial charge on any atom is 0.254 e. The molecule has 1 aliphatic heterocycles. The van der Waals surface area contributed by atoms with Crippen LogP contribution in [0.3, 0.4) is 0 Å². The van der Waals surface area contributed by atoms with E-state index in [2.05, 4.69) is 34.2 Å². The Morgan fingerprint density at radius 3 is 2.56 bits per heavy atom. The molecule has 0 unspecified atom stereocenters. The molecule has 1 N–H and O–H groups in total. The first-order valence-corrected chi connectivity index (χ1v) is 11.4. The van der Waals surface area contributed by atoms with E-state index in [9.17, 15) is 4.79 Å². The molecular weight excluding hydrogens is 424 g/mol. The Morgan fingerprint density at radius 1 is 0.971 bits per heavy atom. The second kappa shape index (κ2) is 8.23. The van der Waals surface area contributed by atoms with E-state index in [0.717, 1.165) is 45.0 Å². The molecule has 6 nitrogen and oxygen atoms in total. The molecule has 34 heavy (non-hydrogen) atoms. The summed E-state index contributed by atoms with van der Waals surface area (Å²) >= 11 is 0. The summed E-state index contributed by atoms with van der Waals surface area (Å²) in [4.78, 5) is 23.0. The number of aromatic nitrogens is 3. The van der Waals surface area contributed by atoms with Gasteiger partial charge in [0.1, 0.15) is 18.2 Å². The first-order chi connectivity index (χ1) is 16.6. The van der Waals surface area contributed by atoms with E-state index in [1.165, 1.54) is 0 Å². The van der Waals surface area contributed by atoms with Gasteiger partial charge < -0.3 is 19.2 Å². The van der Waals surface area contributed by atoms with Gasteiger partial charge in [-0.3, -0.25) is 4.79 Å². The molecule has 1 aliphatic rings. The van der Waals surface area contributed by atoms with E-state index >= 15 is 0 Å². The molecule has 6 rings (SSSR count). The van der Waals surface area contributed by atoms with Gasteiger partial charge in [-0.25, -0.2) is 4.98 Å². The fourth-order valence-electron chi connectivity index (χ4n) is 4.53. The van der Waals surface area contributed by atoms with Gasteiger partial charge in [-0.1, -0.05) is 12.1 Å². The van der Waals surface area contributed by atoms with Gasteiger partial charge in [0.05, 0.1) is 17.6 Å². The smallest absolute Gasteiger partial charge is 0.254 e. The van der Waals surface area contributed by atoms with Crippen LogP contribution in [0, 0.1) is 6.92 Å². The van der Waals surface area contributed by atoms with Crippen molar-refractivity contribution in [3.63, 3.8) is 0 Å². The molecule has 0 bridgehead atoms. The van der Waals surface area contributed by atoms with E-state index in [4.69, 9.17) is 4.74 Å². The molecule has 6 heteroatoms. The Kier molecular flexibility index (Phi) is 4.91. The Morgan fingerprint density at radius 2 is 1.74 bits per heavy atom. The van der Waals surface area contributed by atoms with Crippen LogP contribution < -0.4 is 4.74 Å². The summed E-state index contributed by atoms with van der Waals surface area (Å²) in [6.45, 7) is 3.48. The summed E-state index contributed by atoms with van der Waals surface area (Å²) in [5, 5.41) is 0. The van der Waals surface area contributed by atoms with Crippen LogP contribution in [-0.2, 0) is 6.54 Å². The monoisotopic (exact) mass is 448 g/mol. The van der Waals surface area contributed by atoms with Crippen LogP contribution in [0.5, 0.6) is 5.75 Å². The number of aromatic amines is 1. The van der Waals surface area contributed by atoms with Crippen molar-refractivity contribution in [2.75, 3.05) is 13.2 Å². The number of fused-ring (bicyclic) bond motifs is 2. The van der Waals surface area contributed by atoms with Gasteiger partial charge >= 0.3 is 0 Å². The Labute approximate surface area is 197 Å². The van der Waals surface area contributed by atoms with Gasteiger partial charge in [0.2, 0.25) is 0 Å². The van der Waals surface area contributed by atoms with Crippen molar-refractivity contribution in [3.8, 4) is 22.6 Å². The summed E-state index contributed by atoms with van der Waals surface area (Å²) in [7, 11) is 0. The highest BCUT2D eigenvalue weighted by Gasteiger charge is 2.21. The lowest BCUT2D eigenvalue weighted by Gasteiger charge is -2.20. The molecule has 2 aromatic heterocycles. The third-order valence-corrected chi connectivity index (χ3v) is 6.28. The largest absolute Gasteiger partial charge is 0.491 e. The second-order valence-electron chi connectivity index (χ2n) is 8.59. The molecule has 0 fully saturated rings. The van der Waals surface area contributed by atoms with Gasteiger partial charge in [-0.15, -0.1) is 0 Å². The second-order valence-corrected chi connectivity index (χ2v) is 8.59. The Balaban J connectivity index is 1.27. The van der Waals surface area contributed by atoms with Crippen molar-refractivity contribution < 1.29 is 9.53 Å². The fourth-order valence-corrected chi connectivity index (χ4v) is 4.53. The van der Waals surface area contributed by atoms with Crippen molar-refractivity contribution in [2.24, 2.45) is 0 Å². The van der Waals surface area contributed by atoms with Crippen molar-refractivity contribution in [1.82, 2.24) is 19.4 Å². The zero-order chi connectivity index (χ0) is 23.1. The fraction of sp³-hybridized carbons (Fsp3) is 0.143. The van der Waals surface area contributed by atoms with Crippen LogP contribution >= 0.6 is 0 Å². The summed E-state index contributed by atoms with van der Waals surface area (Å²) in [5.74, 6) is 1.74. The SMILES string of the molecule is Cc1nc2ccc(-c3ccc4c(c3)CN(C(=O)c3ccc(-n5cccc5)cc3)CCO4)cc2[nH]1. The average Bonchev–Trinajstić information content (AvgIpc) is 3.47. The molecule has 1 amide bonds. The quantitative estimate of drug-likeness (QED) is 0.404. The molecule has 0 spiro atoms. The minimum atomic E-state index is 0.00950. The van der Waals surface area contributed by atoms with Gasteiger partial charge in [0.25, 0.3) is 5.91 Å². The number of carbonyl (C=O) groups excluding carboxylic acids is 1. The normalized spacial score (nSPS) is 13.4. The third kappa shape index (κ3) is 3.73. The highest BCUT2D eigenvalue weighted by Crippen LogP contribution is 2.31. The molecule has 0 atom stereocenters. The minimum absolute atomic E-state index is 0.00950. The molecule has 0 saturated carbocycles. The first kappa shape index (κ1) is 20.3. The topological polar surface area (TPSA) is 63.1 Å². The zero-order valence-corrected chi connectivity index (χ0v) is 18.9. The van der Waals surface area contributed by atoms with Crippen LogP contribution in [0.1, 0.15) is 21.7 Å². The summed E-state index contributed by atoms with van der Waals surface area (Å²) < 4.78 is 8.01. The summed E-state index contributed by atoms with van der Waals surface area (Å²) in [6.07, 6.45) is 3.98. The van der Waals surface area contributed by atoms with Crippen LogP contribution in [-0.4, -0.2) is 38.5 Å². The van der Waals surface area contributed by atoms with Gasteiger partial charge in [0, 0.05) is 35.8 Å². The molecule has 0 saturated heterocycles. The predicted molar refractivity (Wildman–Crippen MR) is 132 cm³/mol. The molecule has 5 aromatic rings. The first-order valence-electron chi connectivity index (χ1n) is 11.4. The molecule has 3 heterocycles. The van der Waals surface area contributed by atoms with Gasteiger partial charge in [-0.2, -0.15) is 0 Å². The van der Waals surface area contributed by atoms with E-state index in [-0.39, 0.29) is 5.91 Å². The van der Waals surface area contributed by atoms with E-state index in [1.807, 2.05) is 77.3 Å². The van der Waals surface area contributed by atoms with Crippen molar-refractivity contribution in [1.29, 1.82) is 0 Å². The predicted octanol–water partition coefficient (Wildman–Crippen LogP) is 5.36. The van der Waals surface area contributed by atoms with Crippen molar-refractivity contribution in [2.45, 2.75) is 13.5 Å². The highest BCUT2D eigenvalue weighted by atomic mass is 16.5. The number of amides is 1. The molecule has 0 radical (unpaired) electrons. The number of benzene rings is 3. The summed E-state index contributed by atoms with van der Waals surface area (Å²) in [5.41, 5.74) is 6.87. The van der Waals surface area contributed by atoms with Crippen LogP contribution in [0.25, 0.3) is 27.8 Å².